The Balaban J connectivity index is 1.98. The normalized spacial score (nSPS) is 10.7. The molecule has 0 fully saturated rings. The van der Waals surface area contributed by atoms with E-state index in [1.165, 1.54) is 26.4 Å². The van der Waals surface area contributed by atoms with E-state index in [4.69, 9.17) is 9.47 Å². The van der Waals surface area contributed by atoms with Crippen LogP contribution in [0.3, 0.4) is 0 Å². The lowest BCUT2D eigenvalue weighted by Crippen LogP contribution is -2.03. The van der Waals surface area contributed by atoms with Crippen molar-refractivity contribution in [3.8, 4) is 51.3 Å². The SMILES string of the molecule is COc1ccc(O)c(-c2nc(-c3ccccc3O)cn2-c2ccc(C(=O)O)c(OC)c2)c1. The topological polar surface area (TPSA) is 114 Å². The molecule has 0 bridgehead atoms. The number of hydrogen-bond acceptors (Lipinski definition) is 6. The Morgan fingerprint density at radius 1 is 0.906 bits per heavy atom. The molecule has 4 rings (SSSR count). The second-order valence-corrected chi connectivity index (χ2v) is 6.91. The summed E-state index contributed by atoms with van der Waals surface area (Å²) < 4.78 is 12.2. The van der Waals surface area contributed by atoms with Crippen LogP contribution < -0.4 is 9.47 Å². The van der Waals surface area contributed by atoms with Gasteiger partial charge in [0.15, 0.2) is 0 Å². The number of ether oxygens (including phenoxy) is 2. The number of carboxylic acids is 1. The molecule has 3 N–H and O–H groups in total. The quantitative estimate of drug-likeness (QED) is 0.415. The number of carboxylic acid groups (broad SMARTS) is 1. The zero-order valence-electron chi connectivity index (χ0n) is 17.3. The number of phenols is 2. The van der Waals surface area contributed by atoms with E-state index in [0.717, 1.165) is 0 Å². The van der Waals surface area contributed by atoms with Crippen LogP contribution in [-0.4, -0.2) is 45.1 Å². The number of methoxy groups -OCH3 is 2. The molecule has 1 aromatic heterocycles. The van der Waals surface area contributed by atoms with Gasteiger partial charge in [0, 0.05) is 17.8 Å². The molecule has 1 heterocycles. The molecule has 0 saturated heterocycles. The predicted octanol–water partition coefficient (Wildman–Crippen LogP) is 4.33. The molecule has 0 aliphatic carbocycles. The van der Waals surface area contributed by atoms with E-state index in [1.807, 2.05) is 0 Å². The molecule has 0 aliphatic heterocycles. The molecule has 162 valence electrons. The van der Waals surface area contributed by atoms with Crippen molar-refractivity contribution in [1.29, 1.82) is 0 Å². The summed E-state index contributed by atoms with van der Waals surface area (Å²) in [6.45, 7) is 0. The van der Waals surface area contributed by atoms with Gasteiger partial charge in [-0.2, -0.15) is 0 Å². The first-order valence-electron chi connectivity index (χ1n) is 9.59. The van der Waals surface area contributed by atoms with Gasteiger partial charge in [0.1, 0.15) is 34.4 Å². The molecule has 0 aliphatic rings. The number of para-hydroxylation sites is 1. The van der Waals surface area contributed by atoms with Gasteiger partial charge in [0.25, 0.3) is 0 Å². The number of imidazole rings is 1. The average molecular weight is 432 g/mol. The molecular weight excluding hydrogens is 412 g/mol. The third-order valence-electron chi connectivity index (χ3n) is 5.02. The van der Waals surface area contributed by atoms with Gasteiger partial charge in [0.2, 0.25) is 0 Å². The highest BCUT2D eigenvalue weighted by Gasteiger charge is 2.20. The first-order chi connectivity index (χ1) is 15.4. The molecule has 0 radical (unpaired) electrons. The molecule has 3 aromatic carbocycles. The van der Waals surface area contributed by atoms with Crippen molar-refractivity contribution in [2.24, 2.45) is 0 Å². The smallest absolute Gasteiger partial charge is 0.339 e. The van der Waals surface area contributed by atoms with E-state index < -0.39 is 5.97 Å². The largest absolute Gasteiger partial charge is 0.507 e. The molecule has 4 aromatic rings. The standard InChI is InChI=1S/C24H20N2O6/c1-31-15-8-10-21(28)18(12-15)23-25-19(16-5-3-4-6-20(16)27)13-26(23)14-7-9-17(24(29)30)22(11-14)32-2/h3-13,27-28H,1-2H3,(H,29,30). The van der Waals surface area contributed by atoms with E-state index >= 15 is 0 Å². The summed E-state index contributed by atoms with van der Waals surface area (Å²) in [5.41, 5.74) is 1.93. The third kappa shape index (κ3) is 3.69. The first-order valence-corrected chi connectivity index (χ1v) is 9.59. The van der Waals surface area contributed by atoms with Crippen LogP contribution in [0.15, 0.2) is 66.9 Å². The number of aromatic hydroxyl groups is 2. The van der Waals surface area contributed by atoms with Gasteiger partial charge in [-0.15, -0.1) is 0 Å². The fourth-order valence-electron chi connectivity index (χ4n) is 3.41. The van der Waals surface area contributed by atoms with Crippen molar-refractivity contribution in [3.63, 3.8) is 0 Å². The van der Waals surface area contributed by atoms with Crippen LogP contribution in [0.2, 0.25) is 0 Å². The van der Waals surface area contributed by atoms with Gasteiger partial charge < -0.3 is 24.8 Å². The van der Waals surface area contributed by atoms with Crippen LogP contribution in [0, 0.1) is 0 Å². The van der Waals surface area contributed by atoms with Crippen molar-refractivity contribution in [2.75, 3.05) is 14.2 Å². The Morgan fingerprint density at radius 3 is 2.34 bits per heavy atom. The first kappa shape index (κ1) is 20.8. The Morgan fingerprint density at radius 2 is 1.66 bits per heavy atom. The van der Waals surface area contributed by atoms with Crippen molar-refractivity contribution in [1.82, 2.24) is 9.55 Å². The van der Waals surface area contributed by atoms with Crippen molar-refractivity contribution in [2.45, 2.75) is 0 Å². The molecular formula is C24H20N2O6. The lowest BCUT2D eigenvalue weighted by molar-refractivity contribution is 0.0693. The molecule has 8 heteroatoms. The van der Waals surface area contributed by atoms with Crippen LogP contribution in [0.4, 0.5) is 0 Å². The summed E-state index contributed by atoms with van der Waals surface area (Å²) in [4.78, 5) is 16.2. The van der Waals surface area contributed by atoms with E-state index in [1.54, 1.807) is 59.3 Å². The van der Waals surface area contributed by atoms with Gasteiger partial charge in [-0.3, -0.25) is 4.57 Å². The lowest BCUT2D eigenvalue weighted by Gasteiger charge is -2.12. The number of nitrogens with zero attached hydrogens (tertiary/aromatic N) is 2. The summed E-state index contributed by atoms with van der Waals surface area (Å²) in [6.07, 6.45) is 1.69. The number of aromatic carboxylic acids is 1. The summed E-state index contributed by atoms with van der Waals surface area (Å²) in [6, 6.07) is 16.2. The van der Waals surface area contributed by atoms with Crippen LogP contribution >= 0.6 is 0 Å². The maximum absolute atomic E-state index is 11.5. The van der Waals surface area contributed by atoms with Crippen LogP contribution in [0.25, 0.3) is 28.3 Å². The summed E-state index contributed by atoms with van der Waals surface area (Å²) in [7, 11) is 2.91. The van der Waals surface area contributed by atoms with Gasteiger partial charge >= 0.3 is 5.97 Å². The van der Waals surface area contributed by atoms with Crippen molar-refractivity contribution >= 4 is 5.97 Å². The summed E-state index contributed by atoms with van der Waals surface area (Å²) >= 11 is 0. The highest BCUT2D eigenvalue weighted by Crippen LogP contribution is 2.37. The molecule has 32 heavy (non-hydrogen) atoms. The van der Waals surface area contributed by atoms with Crippen LogP contribution in [-0.2, 0) is 0 Å². The number of carbonyl (C=O) groups is 1. The second-order valence-electron chi connectivity index (χ2n) is 6.91. The molecule has 0 unspecified atom stereocenters. The van der Waals surface area contributed by atoms with E-state index in [9.17, 15) is 20.1 Å². The maximum Gasteiger partial charge on any atom is 0.339 e. The van der Waals surface area contributed by atoms with Crippen molar-refractivity contribution < 1.29 is 29.6 Å². The maximum atomic E-state index is 11.5. The Labute approximate surface area is 183 Å². The molecule has 0 saturated carbocycles. The van der Waals surface area contributed by atoms with Gasteiger partial charge in [-0.25, -0.2) is 9.78 Å². The fourth-order valence-corrected chi connectivity index (χ4v) is 3.41. The fraction of sp³-hybridized carbons (Fsp3) is 0.0833. The number of benzene rings is 3. The third-order valence-corrected chi connectivity index (χ3v) is 5.02. The van der Waals surface area contributed by atoms with E-state index in [-0.39, 0.29) is 22.8 Å². The second kappa shape index (κ2) is 8.35. The molecule has 0 spiro atoms. The Kier molecular flexibility index (Phi) is 5.43. The van der Waals surface area contributed by atoms with Crippen LogP contribution in [0.5, 0.6) is 23.0 Å². The minimum absolute atomic E-state index is 0.0167. The summed E-state index contributed by atoms with van der Waals surface area (Å²) in [5, 5.41) is 30.3. The average Bonchev–Trinajstić information content (AvgIpc) is 3.24. The highest BCUT2D eigenvalue weighted by atomic mass is 16.5. The number of phenolic OH excluding ortho intramolecular Hbond substituents is 2. The number of aromatic nitrogens is 2. The predicted molar refractivity (Wildman–Crippen MR) is 118 cm³/mol. The Hall–Kier alpha value is -4.46. The van der Waals surface area contributed by atoms with Crippen LogP contribution in [0.1, 0.15) is 10.4 Å². The zero-order valence-corrected chi connectivity index (χ0v) is 17.3. The van der Waals surface area contributed by atoms with Gasteiger partial charge in [0.05, 0.1) is 31.2 Å². The zero-order chi connectivity index (χ0) is 22.8. The van der Waals surface area contributed by atoms with E-state index in [0.29, 0.717) is 34.1 Å². The molecule has 8 nitrogen and oxygen atoms in total. The minimum Gasteiger partial charge on any atom is -0.507 e. The van der Waals surface area contributed by atoms with Crippen molar-refractivity contribution in [3.05, 3.63) is 72.4 Å². The monoisotopic (exact) mass is 432 g/mol. The minimum atomic E-state index is -1.11. The van der Waals surface area contributed by atoms with E-state index in [2.05, 4.69) is 4.98 Å². The highest BCUT2D eigenvalue weighted by molar-refractivity contribution is 5.91. The molecule has 0 amide bonds. The lowest BCUT2D eigenvalue weighted by atomic mass is 10.1. The number of hydrogen-bond donors (Lipinski definition) is 3. The van der Waals surface area contributed by atoms with Gasteiger partial charge in [-0.1, -0.05) is 12.1 Å². The Bertz CT molecular complexity index is 1310. The summed E-state index contributed by atoms with van der Waals surface area (Å²) in [5.74, 6) is -0.0127. The van der Waals surface area contributed by atoms with Gasteiger partial charge in [-0.05, 0) is 42.5 Å². The molecule has 0 atom stereocenters. The number of rotatable bonds is 6.